The Kier molecular flexibility index (Phi) is 2.91. The second kappa shape index (κ2) is 4.57. The molecule has 0 unspecified atom stereocenters. The number of hydrogen-bond donors (Lipinski definition) is 2. The fourth-order valence-corrected chi connectivity index (χ4v) is 2.61. The number of methoxy groups -OCH3 is 1. The molecule has 96 valence electrons. The molecule has 2 aromatic heterocycles. The number of anilines is 1. The van der Waals surface area contributed by atoms with Crippen molar-refractivity contribution in [2.75, 3.05) is 19.5 Å². The molecule has 0 aromatic carbocycles. The zero-order valence-electron chi connectivity index (χ0n) is 10.6. The van der Waals surface area contributed by atoms with E-state index in [9.17, 15) is 0 Å². The van der Waals surface area contributed by atoms with Crippen LogP contribution in [0.5, 0.6) is 0 Å². The fraction of sp³-hybridized carbons (Fsp3) is 0.538. The Hall–Kier alpha value is -1.62. The Labute approximate surface area is 106 Å². The van der Waals surface area contributed by atoms with E-state index in [0.29, 0.717) is 12.4 Å². The summed E-state index contributed by atoms with van der Waals surface area (Å²) in [7, 11) is 1.69. The molecule has 1 aliphatic carbocycles. The zero-order chi connectivity index (χ0) is 12.5. The van der Waals surface area contributed by atoms with Crippen molar-refractivity contribution in [1.29, 1.82) is 0 Å². The van der Waals surface area contributed by atoms with Crippen LogP contribution in [0.15, 0.2) is 0 Å². The highest BCUT2D eigenvalue weighted by molar-refractivity contribution is 5.88. The zero-order valence-corrected chi connectivity index (χ0v) is 10.6. The van der Waals surface area contributed by atoms with Gasteiger partial charge in [0.2, 0.25) is 0 Å². The molecule has 5 nitrogen and oxygen atoms in total. The van der Waals surface area contributed by atoms with Crippen molar-refractivity contribution in [1.82, 2.24) is 15.0 Å². The maximum absolute atomic E-state index is 6.01. The number of aryl methyl sites for hydroxylation is 2. The third kappa shape index (κ3) is 1.84. The Morgan fingerprint density at radius 2 is 2.11 bits per heavy atom. The van der Waals surface area contributed by atoms with Crippen molar-refractivity contribution >= 4 is 16.9 Å². The number of imidazole rings is 1. The maximum Gasteiger partial charge on any atom is 0.149 e. The number of hydrogen-bond acceptors (Lipinski definition) is 4. The molecule has 2 aromatic rings. The van der Waals surface area contributed by atoms with E-state index in [1.807, 2.05) is 0 Å². The summed E-state index contributed by atoms with van der Waals surface area (Å²) in [5.41, 5.74) is 10.3. The number of aromatic amines is 1. The highest BCUT2D eigenvalue weighted by Gasteiger charge is 2.18. The lowest BCUT2D eigenvalue weighted by Gasteiger charge is -2.15. The molecular weight excluding hydrogens is 228 g/mol. The minimum atomic E-state index is 0.571. The van der Waals surface area contributed by atoms with Gasteiger partial charge in [0.1, 0.15) is 17.2 Å². The van der Waals surface area contributed by atoms with Gasteiger partial charge in [0.15, 0.2) is 0 Å². The number of aromatic nitrogens is 3. The summed E-state index contributed by atoms with van der Waals surface area (Å²) >= 11 is 0. The summed E-state index contributed by atoms with van der Waals surface area (Å²) in [6.45, 7) is 0.662. The first-order valence-corrected chi connectivity index (χ1v) is 6.44. The molecule has 0 atom stereocenters. The number of ether oxygens (including phenoxy) is 1. The summed E-state index contributed by atoms with van der Waals surface area (Å²) in [5, 5.41) is 0. The second-order valence-electron chi connectivity index (χ2n) is 4.78. The minimum Gasteiger partial charge on any atom is -0.384 e. The molecule has 3 rings (SSSR count). The van der Waals surface area contributed by atoms with Crippen LogP contribution in [-0.2, 0) is 24.0 Å². The van der Waals surface area contributed by atoms with Gasteiger partial charge in [-0.15, -0.1) is 0 Å². The van der Waals surface area contributed by atoms with Gasteiger partial charge >= 0.3 is 0 Å². The van der Waals surface area contributed by atoms with Crippen LogP contribution in [0.3, 0.4) is 0 Å². The first-order chi connectivity index (χ1) is 8.79. The number of nitrogens with zero attached hydrogens (tertiary/aromatic N) is 2. The average Bonchev–Trinajstić information content (AvgIpc) is 2.81. The third-order valence-corrected chi connectivity index (χ3v) is 3.53. The van der Waals surface area contributed by atoms with Gasteiger partial charge in [-0.2, -0.15) is 0 Å². The Morgan fingerprint density at radius 1 is 1.28 bits per heavy atom. The van der Waals surface area contributed by atoms with Crippen LogP contribution >= 0.6 is 0 Å². The van der Waals surface area contributed by atoms with Crippen molar-refractivity contribution in [3.63, 3.8) is 0 Å². The minimum absolute atomic E-state index is 0.571. The number of pyridine rings is 1. The molecule has 1 aliphatic rings. The van der Waals surface area contributed by atoms with E-state index < -0.39 is 0 Å². The lowest BCUT2D eigenvalue weighted by Crippen LogP contribution is -2.08. The van der Waals surface area contributed by atoms with Crippen LogP contribution in [0.25, 0.3) is 11.0 Å². The fourth-order valence-electron chi connectivity index (χ4n) is 2.61. The van der Waals surface area contributed by atoms with Crippen LogP contribution in [0.1, 0.15) is 29.9 Å². The summed E-state index contributed by atoms with van der Waals surface area (Å²) in [6.07, 6.45) is 5.28. The molecule has 0 saturated carbocycles. The molecule has 0 radical (unpaired) electrons. The predicted octanol–water partition coefficient (Wildman–Crippen LogP) is 1.61. The summed E-state index contributed by atoms with van der Waals surface area (Å²) in [4.78, 5) is 12.4. The summed E-state index contributed by atoms with van der Waals surface area (Å²) < 4.78 is 5.08. The topological polar surface area (TPSA) is 76.8 Å². The third-order valence-electron chi connectivity index (χ3n) is 3.53. The molecule has 0 spiro atoms. The van der Waals surface area contributed by atoms with Crippen LogP contribution in [0.4, 0.5) is 5.82 Å². The van der Waals surface area contributed by atoms with Gasteiger partial charge in [0.05, 0.1) is 12.1 Å². The van der Waals surface area contributed by atoms with Crippen LogP contribution in [-0.4, -0.2) is 28.7 Å². The van der Waals surface area contributed by atoms with Crippen LogP contribution in [0.2, 0.25) is 0 Å². The number of nitrogens with two attached hydrogens (primary N) is 1. The normalized spacial score (nSPS) is 14.9. The molecule has 0 bridgehead atoms. The monoisotopic (exact) mass is 246 g/mol. The van der Waals surface area contributed by atoms with Gasteiger partial charge in [-0.3, -0.25) is 0 Å². The van der Waals surface area contributed by atoms with E-state index in [-0.39, 0.29) is 0 Å². The van der Waals surface area contributed by atoms with E-state index in [1.165, 1.54) is 18.4 Å². The predicted molar refractivity (Wildman–Crippen MR) is 70.5 cm³/mol. The van der Waals surface area contributed by atoms with E-state index in [0.717, 1.165) is 41.8 Å². The summed E-state index contributed by atoms with van der Waals surface area (Å²) in [5.74, 6) is 1.50. The molecule has 5 heteroatoms. The van der Waals surface area contributed by atoms with Crippen molar-refractivity contribution in [2.24, 2.45) is 0 Å². The number of rotatable bonds is 3. The van der Waals surface area contributed by atoms with E-state index in [2.05, 4.69) is 15.0 Å². The Morgan fingerprint density at radius 3 is 2.94 bits per heavy atom. The number of fused-ring (bicyclic) bond motifs is 3. The van der Waals surface area contributed by atoms with Gasteiger partial charge in [-0.05, 0) is 25.7 Å². The average molecular weight is 246 g/mol. The van der Waals surface area contributed by atoms with Gasteiger partial charge < -0.3 is 15.5 Å². The van der Waals surface area contributed by atoms with Gasteiger partial charge in [-0.25, -0.2) is 9.97 Å². The van der Waals surface area contributed by atoms with E-state index in [1.54, 1.807) is 7.11 Å². The van der Waals surface area contributed by atoms with Crippen molar-refractivity contribution in [3.05, 3.63) is 17.1 Å². The molecular formula is C13H18N4O. The Bertz CT molecular complexity index is 576. The Balaban J connectivity index is 2.10. The molecule has 3 N–H and O–H groups in total. The lowest BCUT2D eigenvalue weighted by molar-refractivity contribution is 0.201. The molecule has 2 heterocycles. The van der Waals surface area contributed by atoms with Crippen molar-refractivity contribution in [3.8, 4) is 0 Å². The first kappa shape index (κ1) is 11.5. The highest BCUT2D eigenvalue weighted by Crippen LogP contribution is 2.29. The molecule has 0 fully saturated rings. The van der Waals surface area contributed by atoms with E-state index in [4.69, 9.17) is 10.5 Å². The smallest absolute Gasteiger partial charge is 0.149 e. The molecule has 0 saturated heterocycles. The van der Waals surface area contributed by atoms with Gasteiger partial charge in [0.25, 0.3) is 0 Å². The van der Waals surface area contributed by atoms with E-state index >= 15 is 0 Å². The van der Waals surface area contributed by atoms with Crippen LogP contribution in [0, 0.1) is 0 Å². The van der Waals surface area contributed by atoms with Gasteiger partial charge in [0, 0.05) is 24.8 Å². The molecule has 18 heavy (non-hydrogen) atoms. The van der Waals surface area contributed by atoms with Crippen LogP contribution < -0.4 is 5.73 Å². The maximum atomic E-state index is 6.01. The SMILES string of the molecule is COCCc1nc2c3c(nc(N)c2[nH]1)CCCC3. The first-order valence-electron chi connectivity index (χ1n) is 6.44. The molecule has 0 aliphatic heterocycles. The number of nitrogen functional groups attached to an aromatic ring is 1. The molecule has 0 amide bonds. The second-order valence-corrected chi connectivity index (χ2v) is 4.78. The lowest BCUT2D eigenvalue weighted by atomic mass is 9.95. The number of H-pyrrole nitrogens is 1. The number of nitrogens with one attached hydrogen (secondary N) is 1. The van der Waals surface area contributed by atoms with Crippen molar-refractivity contribution < 1.29 is 4.74 Å². The largest absolute Gasteiger partial charge is 0.384 e. The quantitative estimate of drug-likeness (QED) is 0.862. The highest BCUT2D eigenvalue weighted by atomic mass is 16.5. The van der Waals surface area contributed by atoms with Crippen molar-refractivity contribution in [2.45, 2.75) is 32.1 Å². The van der Waals surface area contributed by atoms with Gasteiger partial charge in [-0.1, -0.05) is 0 Å². The standard InChI is InChI=1S/C13H18N4O/c1-18-7-6-10-16-11-8-4-2-3-5-9(8)15-13(14)12(11)17-10/h2-7H2,1H3,(H2,14,15)(H,16,17). The summed E-state index contributed by atoms with van der Waals surface area (Å²) in [6, 6.07) is 0.